The summed E-state index contributed by atoms with van der Waals surface area (Å²) in [7, 11) is 3.78. The molecule has 0 spiro atoms. The zero-order valence-corrected chi connectivity index (χ0v) is 10.7. The predicted molar refractivity (Wildman–Crippen MR) is 61.6 cm³/mol. The number of nitrogens with zero attached hydrogens (tertiary/aromatic N) is 1. The van der Waals surface area contributed by atoms with Gasteiger partial charge in [-0.05, 0) is 21.0 Å². The van der Waals surface area contributed by atoms with Crippen LogP contribution >= 0.6 is 0 Å². The van der Waals surface area contributed by atoms with Crippen molar-refractivity contribution < 1.29 is 9.90 Å². The van der Waals surface area contributed by atoms with Crippen LogP contribution in [-0.4, -0.2) is 48.7 Å². The van der Waals surface area contributed by atoms with E-state index in [-0.39, 0.29) is 12.5 Å². The minimum Gasteiger partial charge on any atom is -0.387 e. The van der Waals surface area contributed by atoms with Gasteiger partial charge in [-0.3, -0.25) is 4.79 Å². The van der Waals surface area contributed by atoms with E-state index in [0.29, 0.717) is 6.54 Å². The maximum Gasteiger partial charge on any atom is 0.225 e. The van der Waals surface area contributed by atoms with E-state index in [4.69, 9.17) is 0 Å². The molecule has 0 aliphatic carbocycles. The lowest BCUT2D eigenvalue weighted by Gasteiger charge is -2.28. The number of amides is 1. The van der Waals surface area contributed by atoms with Crippen molar-refractivity contribution in [3.05, 3.63) is 0 Å². The lowest BCUT2D eigenvalue weighted by atomic mass is 9.95. The van der Waals surface area contributed by atoms with Crippen LogP contribution in [0.25, 0.3) is 0 Å². The molecule has 90 valence electrons. The highest BCUT2D eigenvalue weighted by Gasteiger charge is 2.26. The van der Waals surface area contributed by atoms with Crippen LogP contribution in [0, 0.1) is 5.41 Å². The number of nitrogens with one attached hydrogen (secondary N) is 1. The Kier molecular flexibility index (Phi) is 4.74. The van der Waals surface area contributed by atoms with Crippen molar-refractivity contribution in [2.45, 2.75) is 33.3 Å². The number of aliphatic hydroxyl groups is 1. The molecule has 15 heavy (non-hydrogen) atoms. The Morgan fingerprint density at radius 1 is 1.27 bits per heavy atom. The van der Waals surface area contributed by atoms with E-state index >= 15 is 0 Å². The SMILES string of the molecule is CN(C)CC(C)(O)CNC(=O)C(C)(C)C. The van der Waals surface area contributed by atoms with Crippen LogP contribution in [0.1, 0.15) is 27.7 Å². The molecule has 0 aromatic heterocycles. The van der Waals surface area contributed by atoms with Gasteiger partial charge in [-0.15, -0.1) is 0 Å². The minimum atomic E-state index is -0.885. The lowest BCUT2D eigenvalue weighted by molar-refractivity contribution is -0.129. The van der Waals surface area contributed by atoms with Gasteiger partial charge in [0.1, 0.15) is 0 Å². The van der Waals surface area contributed by atoms with Crippen molar-refractivity contribution in [3.63, 3.8) is 0 Å². The standard InChI is InChI=1S/C11H24N2O2/c1-10(2,3)9(14)12-7-11(4,15)8-13(5)6/h15H,7-8H2,1-6H3,(H,12,14). The second-order valence-corrected chi connectivity index (χ2v) is 5.67. The average Bonchev–Trinajstić information content (AvgIpc) is 1.95. The van der Waals surface area contributed by atoms with Crippen LogP contribution in [-0.2, 0) is 4.79 Å². The molecule has 1 unspecified atom stereocenters. The minimum absolute atomic E-state index is 0.0402. The maximum atomic E-state index is 11.6. The fourth-order valence-electron chi connectivity index (χ4n) is 1.27. The molecule has 0 aromatic carbocycles. The fourth-order valence-corrected chi connectivity index (χ4v) is 1.27. The summed E-state index contributed by atoms with van der Waals surface area (Å²) in [6.45, 7) is 8.07. The first-order valence-electron chi connectivity index (χ1n) is 5.20. The summed E-state index contributed by atoms with van der Waals surface area (Å²) in [5, 5.41) is 12.7. The average molecular weight is 216 g/mol. The van der Waals surface area contributed by atoms with Gasteiger partial charge in [-0.2, -0.15) is 0 Å². The first kappa shape index (κ1) is 14.4. The molecule has 0 aliphatic rings. The van der Waals surface area contributed by atoms with Crippen molar-refractivity contribution in [1.29, 1.82) is 0 Å². The Bertz CT molecular complexity index is 217. The van der Waals surface area contributed by atoms with Gasteiger partial charge < -0.3 is 15.3 Å². The summed E-state index contributed by atoms with van der Waals surface area (Å²) in [6.07, 6.45) is 0. The highest BCUT2D eigenvalue weighted by molar-refractivity contribution is 5.81. The normalized spacial score (nSPS) is 16.3. The molecule has 4 heteroatoms. The van der Waals surface area contributed by atoms with Crippen molar-refractivity contribution in [3.8, 4) is 0 Å². The number of hydrogen-bond donors (Lipinski definition) is 2. The van der Waals surface area contributed by atoms with Crippen LogP contribution < -0.4 is 5.32 Å². The Morgan fingerprint density at radius 2 is 1.73 bits per heavy atom. The van der Waals surface area contributed by atoms with Gasteiger partial charge in [0.15, 0.2) is 0 Å². The first-order valence-corrected chi connectivity index (χ1v) is 5.20. The molecule has 0 saturated carbocycles. The third kappa shape index (κ3) is 6.47. The summed E-state index contributed by atoms with van der Waals surface area (Å²) >= 11 is 0. The largest absolute Gasteiger partial charge is 0.387 e. The van der Waals surface area contributed by atoms with Gasteiger partial charge in [0.05, 0.1) is 5.60 Å². The zero-order valence-electron chi connectivity index (χ0n) is 10.7. The first-order chi connectivity index (χ1) is 6.54. The molecule has 2 N–H and O–H groups in total. The van der Waals surface area contributed by atoms with Crippen LogP contribution in [0.4, 0.5) is 0 Å². The monoisotopic (exact) mass is 216 g/mol. The summed E-state index contributed by atoms with van der Waals surface area (Å²) < 4.78 is 0. The third-order valence-electron chi connectivity index (χ3n) is 1.97. The highest BCUT2D eigenvalue weighted by Crippen LogP contribution is 2.13. The Labute approximate surface area is 92.7 Å². The molecule has 0 bridgehead atoms. The lowest BCUT2D eigenvalue weighted by Crippen LogP contribution is -2.49. The van der Waals surface area contributed by atoms with Crippen LogP contribution in [0.15, 0.2) is 0 Å². The summed E-state index contributed by atoms with van der Waals surface area (Å²) in [4.78, 5) is 13.5. The predicted octanol–water partition coefficient (Wildman–Crippen LogP) is 0.461. The van der Waals surface area contributed by atoms with E-state index < -0.39 is 11.0 Å². The van der Waals surface area contributed by atoms with Gasteiger partial charge in [0, 0.05) is 18.5 Å². The molecule has 0 rings (SSSR count). The number of hydrogen-bond acceptors (Lipinski definition) is 3. The van der Waals surface area contributed by atoms with E-state index in [2.05, 4.69) is 5.32 Å². The molecule has 0 heterocycles. The van der Waals surface area contributed by atoms with E-state index in [9.17, 15) is 9.90 Å². The smallest absolute Gasteiger partial charge is 0.225 e. The summed E-state index contributed by atoms with van der Waals surface area (Å²) in [6, 6.07) is 0. The Balaban J connectivity index is 4.10. The number of likely N-dealkylation sites (N-methyl/N-ethyl adjacent to an activating group) is 1. The molecule has 4 nitrogen and oxygen atoms in total. The van der Waals surface area contributed by atoms with Crippen molar-refractivity contribution in [1.82, 2.24) is 10.2 Å². The van der Waals surface area contributed by atoms with E-state index in [1.54, 1.807) is 6.92 Å². The second-order valence-electron chi connectivity index (χ2n) is 5.67. The quantitative estimate of drug-likeness (QED) is 0.718. The van der Waals surface area contributed by atoms with Crippen LogP contribution in [0.5, 0.6) is 0 Å². The van der Waals surface area contributed by atoms with Crippen molar-refractivity contribution in [2.24, 2.45) is 5.41 Å². The maximum absolute atomic E-state index is 11.6. The Morgan fingerprint density at radius 3 is 2.07 bits per heavy atom. The third-order valence-corrected chi connectivity index (χ3v) is 1.97. The summed E-state index contributed by atoms with van der Waals surface area (Å²) in [5.41, 5.74) is -1.29. The van der Waals surface area contributed by atoms with Gasteiger partial charge >= 0.3 is 0 Å². The molecule has 0 aromatic rings. The van der Waals surface area contributed by atoms with Crippen molar-refractivity contribution in [2.75, 3.05) is 27.2 Å². The van der Waals surface area contributed by atoms with Crippen LogP contribution in [0.3, 0.4) is 0 Å². The molecule has 0 radical (unpaired) electrons. The highest BCUT2D eigenvalue weighted by atomic mass is 16.3. The molecule has 1 atom stereocenters. The molecular weight excluding hydrogens is 192 g/mol. The fraction of sp³-hybridized carbons (Fsp3) is 0.909. The number of carbonyl (C=O) groups is 1. The van der Waals surface area contributed by atoms with Gasteiger partial charge in [0.2, 0.25) is 5.91 Å². The van der Waals surface area contributed by atoms with Crippen molar-refractivity contribution >= 4 is 5.91 Å². The number of carbonyl (C=O) groups excluding carboxylic acids is 1. The molecule has 0 saturated heterocycles. The molecular formula is C11H24N2O2. The van der Waals surface area contributed by atoms with Gasteiger partial charge in [-0.25, -0.2) is 0 Å². The van der Waals surface area contributed by atoms with Crippen LogP contribution in [0.2, 0.25) is 0 Å². The van der Waals surface area contributed by atoms with E-state index in [1.807, 2.05) is 39.8 Å². The van der Waals surface area contributed by atoms with E-state index in [0.717, 1.165) is 0 Å². The topological polar surface area (TPSA) is 52.6 Å². The van der Waals surface area contributed by atoms with Gasteiger partial charge in [0.25, 0.3) is 0 Å². The molecule has 1 amide bonds. The molecule has 0 aliphatic heterocycles. The Hall–Kier alpha value is -0.610. The second kappa shape index (κ2) is 4.94. The summed E-state index contributed by atoms with van der Waals surface area (Å²) in [5.74, 6) is -0.0402. The number of rotatable bonds is 4. The van der Waals surface area contributed by atoms with E-state index in [1.165, 1.54) is 0 Å². The zero-order chi connectivity index (χ0) is 12.3. The molecule has 0 fully saturated rings. The van der Waals surface area contributed by atoms with Gasteiger partial charge in [-0.1, -0.05) is 20.8 Å².